The number of rotatable bonds is 6. The second kappa shape index (κ2) is 8.86. The predicted octanol–water partition coefficient (Wildman–Crippen LogP) is 4.90. The zero-order chi connectivity index (χ0) is 19.9. The Hall–Kier alpha value is -3.60. The maximum absolute atomic E-state index is 12.5. The molecule has 28 heavy (non-hydrogen) atoms. The van der Waals surface area contributed by atoms with Gasteiger partial charge in [0, 0.05) is 16.8 Å². The lowest BCUT2D eigenvalue weighted by Gasteiger charge is -2.11. The third kappa shape index (κ3) is 4.76. The van der Waals surface area contributed by atoms with Gasteiger partial charge >= 0.3 is 0 Å². The van der Waals surface area contributed by atoms with Crippen molar-refractivity contribution >= 4 is 23.2 Å². The fraction of sp³-hybridized carbons (Fsp3) is 0.130. The molecule has 0 bridgehead atoms. The average Bonchev–Trinajstić information content (AvgIpc) is 2.71. The number of hydrogen-bond donors (Lipinski definition) is 2. The van der Waals surface area contributed by atoms with Crippen LogP contribution >= 0.6 is 0 Å². The molecule has 142 valence electrons. The maximum Gasteiger partial charge on any atom is 0.255 e. The van der Waals surface area contributed by atoms with Crippen molar-refractivity contribution in [2.75, 3.05) is 17.2 Å². The first-order valence-corrected chi connectivity index (χ1v) is 9.08. The molecule has 2 N–H and O–H groups in total. The van der Waals surface area contributed by atoms with Gasteiger partial charge < -0.3 is 15.4 Å². The number of benzene rings is 3. The molecule has 3 rings (SSSR count). The molecule has 0 aromatic heterocycles. The van der Waals surface area contributed by atoms with E-state index in [2.05, 4.69) is 10.6 Å². The van der Waals surface area contributed by atoms with Gasteiger partial charge in [-0.2, -0.15) is 0 Å². The summed E-state index contributed by atoms with van der Waals surface area (Å²) < 4.78 is 5.52. The Kier molecular flexibility index (Phi) is 6.07. The Morgan fingerprint density at radius 2 is 1.36 bits per heavy atom. The Labute approximate surface area is 164 Å². The summed E-state index contributed by atoms with van der Waals surface area (Å²) in [5.41, 5.74) is 3.39. The first-order chi connectivity index (χ1) is 13.6. The topological polar surface area (TPSA) is 67.4 Å². The van der Waals surface area contributed by atoms with Gasteiger partial charge in [0.25, 0.3) is 11.8 Å². The van der Waals surface area contributed by atoms with Crippen molar-refractivity contribution in [3.63, 3.8) is 0 Å². The van der Waals surface area contributed by atoms with Crippen LogP contribution in [-0.2, 0) is 0 Å². The predicted molar refractivity (Wildman–Crippen MR) is 111 cm³/mol. The average molecular weight is 374 g/mol. The minimum atomic E-state index is -0.266. The van der Waals surface area contributed by atoms with Crippen LogP contribution in [0, 0.1) is 6.92 Å². The van der Waals surface area contributed by atoms with Gasteiger partial charge in [-0.1, -0.05) is 29.8 Å². The Morgan fingerprint density at radius 1 is 0.786 bits per heavy atom. The number of amides is 2. The zero-order valence-electron chi connectivity index (χ0n) is 15.9. The number of hydrogen-bond acceptors (Lipinski definition) is 3. The van der Waals surface area contributed by atoms with Crippen LogP contribution in [0.4, 0.5) is 11.4 Å². The van der Waals surface area contributed by atoms with Gasteiger partial charge in [-0.15, -0.1) is 0 Å². The molecular formula is C23H22N2O3. The van der Waals surface area contributed by atoms with E-state index < -0.39 is 0 Å². The van der Waals surface area contributed by atoms with Gasteiger partial charge in [0.2, 0.25) is 0 Å². The fourth-order valence-corrected chi connectivity index (χ4v) is 2.66. The number of ether oxygens (including phenoxy) is 1. The van der Waals surface area contributed by atoms with E-state index in [-0.39, 0.29) is 11.8 Å². The van der Waals surface area contributed by atoms with Crippen LogP contribution < -0.4 is 15.4 Å². The van der Waals surface area contributed by atoms with Crippen molar-refractivity contribution in [3.05, 3.63) is 89.5 Å². The number of carbonyl (C=O) groups excluding carboxylic acids is 2. The van der Waals surface area contributed by atoms with Crippen molar-refractivity contribution in [3.8, 4) is 5.75 Å². The van der Waals surface area contributed by atoms with Crippen LogP contribution in [0.5, 0.6) is 5.75 Å². The zero-order valence-corrected chi connectivity index (χ0v) is 15.9. The first-order valence-electron chi connectivity index (χ1n) is 9.08. The molecule has 0 spiro atoms. The fourth-order valence-electron chi connectivity index (χ4n) is 2.66. The van der Waals surface area contributed by atoms with Crippen molar-refractivity contribution < 1.29 is 14.3 Å². The lowest BCUT2D eigenvalue weighted by Crippen LogP contribution is -2.15. The number of anilines is 2. The lowest BCUT2D eigenvalue weighted by molar-refractivity contribution is 0.101. The first kappa shape index (κ1) is 19.2. The summed E-state index contributed by atoms with van der Waals surface area (Å²) in [6.07, 6.45) is 0. The SMILES string of the molecule is CCOc1ccccc1NC(=O)c1ccc(C(=O)Nc2ccc(C)cc2)cc1. The van der Waals surface area contributed by atoms with E-state index in [0.717, 1.165) is 11.3 Å². The van der Waals surface area contributed by atoms with Crippen LogP contribution in [0.1, 0.15) is 33.2 Å². The van der Waals surface area contributed by atoms with Crippen molar-refractivity contribution in [2.45, 2.75) is 13.8 Å². The Morgan fingerprint density at radius 3 is 1.96 bits per heavy atom. The summed E-state index contributed by atoms with van der Waals surface area (Å²) in [5.74, 6) is 0.127. The summed E-state index contributed by atoms with van der Waals surface area (Å²) in [6, 6.07) is 21.4. The second-order valence-electron chi connectivity index (χ2n) is 6.28. The quantitative estimate of drug-likeness (QED) is 0.645. The van der Waals surface area contributed by atoms with Gasteiger partial charge in [0.15, 0.2) is 0 Å². The minimum Gasteiger partial charge on any atom is -0.492 e. The molecule has 0 heterocycles. The molecule has 0 aliphatic rings. The Balaban J connectivity index is 1.67. The van der Waals surface area contributed by atoms with E-state index in [9.17, 15) is 9.59 Å². The highest BCUT2D eigenvalue weighted by molar-refractivity contribution is 6.07. The molecule has 0 unspecified atom stereocenters. The van der Waals surface area contributed by atoms with Crippen LogP contribution in [0.25, 0.3) is 0 Å². The Bertz CT molecular complexity index is 964. The van der Waals surface area contributed by atoms with Gasteiger partial charge in [-0.3, -0.25) is 9.59 Å². The highest BCUT2D eigenvalue weighted by Crippen LogP contribution is 2.24. The van der Waals surface area contributed by atoms with Gasteiger partial charge in [0.05, 0.1) is 12.3 Å². The lowest BCUT2D eigenvalue weighted by atomic mass is 10.1. The van der Waals surface area contributed by atoms with Crippen LogP contribution in [-0.4, -0.2) is 18.4 Å². The van der Waals surface area contributed by atoms with E-state index in [1.165, 1.54) is 0 Å². The van der Waals surface area contributed by atoms with E-state index in [4.69, 9.17) is 4.74 Å². The molecule has 0 aliphatic heterocycles. The normalized spacial score (nSPS) is 10.2. The molecule has 3 aromatic rings. The monoisotopic (exact) mass is 374 g/mol. The summed E-state index contributed by atoms with van der Waals surface area (Å²) in [4.78, 5) is 24.9. The third-order valence-corrected chi connectivity index (χ3v) is 4.15. The van der Waals surface area contributed by atoms with E-state index >= 15 is 0 Å². The summed E-state index contributed by atoms with van der Waals surface area (Å²) >= 11 is 0. The molecule has 0 radical (unpaired) electrons. The van der Waals surface area contributed by atoms with E-state index in [1.807, 2.05) is 50.2 Å². The molecule has 0 aliphatic carbocycles. The summed E-state index contributed by atoms with van der Waals surface area (Å²) in [6.45, 7) is 4.39. The smallest absolute Gasteiger partial charge is 0.255 e. The molecule has 0 saturated heterocycles. The number of carbonyl (C=O) groups is 2. The molecular weight excluding hydrogens is 352 g/mol. The minimum absolute atomic E-state index is 0.225. The second-order valence-corrected chi connectivity index (χ2v) is 6.28. The molecule has 5 heteroatoms. The molecule has 0 fully saturated rings. The number of para-hydroxylation sites is 2. The van der Waals surface area contributed by atoms with E-state index in [1.54, 1.807) is 36.4 Å². The molecule has 0 atom stereocenters. The number of nitrogens with one attached hydrogen (secondary N) is 2. The molecule has 3 aromatic carbocycles. The van der Waals surface area contributed by atoms with Gasteiger partial charge in [0.1, 0.15) is 5.75 Å². The van der Waals surface area contributed by atoms with Gasteiger partial charge in [-0.25, -0.2) is 0 Å². The molecule has 2 amide bonds. The maximum atomic E-state index is 12.5. The highest BCUT2D eigenvalue weighted by atomic mass is 16.5. The summed E-state index contributed by atoms with van der Waals surface area (Å²) in [7, 11) is 0. The van der Waals surface area contributed by atoms with Crippen molar-refractivity contribution in [2.24, 2.45) is 0 Å². The van der Waals surface area contributed by atoms with Crippen molar-refractivity contribution in [1.82, 2.24) is 0 Å². The molecule has 5 nitrogen and oxygen atoms in total. The largest absolute Gasteiger partial charge is 0.492 e. The molecule has 0 saturated carbocycles. The van der Waals surface area contributed by atoms with Gasteiger partial charge in [-0.05, 0) is 62.4 Å². The summed E-state index contributed by atoms with van der Waals surface area (Å²) in [5, 5.41) is 5.68. The van der Waals surface area contributed by atoms with Crippen LogP contribution in [0.15, 0.2) is 72.8 Å². The van der Waals surface area contributed by atoms with Crippen molar-refractivity contribution in [1.29, 1.82) is 0 Å². The number of aryl methyl sites for hydroxylation is 1. The van der Waals surface area contributed by atoms with Crippen LogP contribution in [0.3, 0.4) is 0 Å². The van der Waals surface area contributed by atoms with Crippen LogP contribution in [0.2, 0.25) is 0 Å². The third-order valence-electron chi connectivity index (χ3n) is 4.15. The van der Waals surface area contributed by atoms with E-state index in [0.29, 0.717) is 29.2 Å². The highest BCUT2D eigenvalue weighted by Gasteiger charge is 2.11. The standard InChI is InChI=1S/C23H22N2O3/c1-3-28-21-7-5-4-6-20(21)25-23(27)18-12-10-17(11-13-18)22(26)24-19-14-8-16(2)9-15-19/h4-15H,3H2,1-2H3,(H,24,26)(H,25,27).